The first-order chi connectivity index (χ1) is 11.0. The van der Waals surface area contributed by atoms with Gasteiger partial charge in [-0.25, -0.2) is 0 Å². The van der Waals surface area contributed by atoms with Gasteiger partial charge in [0.05, 0.1) is 15.5 Å². The molecule has 2 aromatic rings. The third-order valence-electron chi connectivity index (χ3n) is 2.78. The number of hydrogen-bond donors (Lipinski definition) is 0. The van der Waals surface area contributed by atoms with E-state index in [0.29, 0.717) is 12.1 Å². The fourth-order valence-electron chi connectivity index (χ4n) is 1.67. The first-order valence-corrected chi connectivity index (χ1v) is 7.85. The lowest BCUT2D eigenvalue weighted by atomic mass is 10.2. The van der Waals surface area contributed by atoms with E-state index in [1.165, 1.54) is 0 Å². The lowest BCUT2D eigenvalue weighted by Gasteiger charge is -2.11. The fraction of sp³-hybridized carbons (Fsp3) is 0.0769. The third kappa shape index (κ3) is 3.95. The van der Waals surface area contributed by atoms with Crippen LogP contribution in [0.5, 0.6) is 5.75 Å². The van der Waals surface area contributed by atoms with Crippen LogP contribution in [0.25, 0.3) is 0 Å². The van der Waals surface area contributed by atoms with Crippen LogP contribution in [0.1, 0.15) is 5.56 Å². The Kier molecular flexibility index (Phi) is 4.72. The number of alkyl halides is 3. The minimum absolute atomic E-state index is 0.375. The van der Waals surface area contributed by atoms with Crippen molar-refractivity contribution in [2.45, 2.75) is 11.1 Å². The molecule has 0 unspecified atom stereocenters. The van der Waals surface area contributed by atoms with Crippen LogP contribution in [0.4, 0.5) is 18.9 Å². The number of nitrogens with zero attached hydrogens (tertiary/aromatic N) is 1. The second-order valence-corrected chi connectivity index (χ2v) is 6.39. The van der Waals surface area contributed by atoms with Crippen LogP contribution in [-0.2, 0) is 16.3 Å². The van der Waals surface area contributed by atoms with Crippen LogP contribution in [0.3, 0.4) is 0 Å². The molecule has 0 atom stereocenters. The van der Waals surface area contributed by atoms with Gasteiger partial charge in [0.2, 0.25) is 0 Å². The van der Waals surface area contributed by atoms with Gasteiger partial charge in [0.25, 0.3) is 5.69 Å². The van der Waals surface area contributed by atoms with E-state index in [1.54, 1.807) is 0 Å². The van der Waals surface area contributed by atoms with E-state index >= 15 is 0 Å². The second-order valence-electron chi connectivity index (χ2n) is 4.43. The number of nitro benzene ring substituents is 1. The first-order valence-electron chi connectivity index (χ1n) is 6.06. The summed E-state index contributed by atoms with van der Waals surface area (Å²) in [6.45, 7) is 0. The zero-order chi connectivity index (χ0) is 18.1. The van der Waals surface area contributed by atoms with Gasteiger partial charge >= 0.3 is 16.3 Å². The molecule has 0 radical (unpaired) electrons. The highest BCUT2D eigenvalue weighted by molar-refractivity contribution is 7.87. The maximum atomic E-state index is 12.6. The molecule has 0 N–H and O–H groups in total. The SMILES string of the molecule is O=[N+]([O-])c1ccc(OS(=O)(=O)c2cccc(C(F)(F)F)c2)c(Cl)c1. The summed E-state index contributed by atoms with van der Waals surface area (Å²) in [5.41, 5.74) is -1.56. The number of nitro groups is 1. The molecular weight excluding hydrogens is 375 g/mol. The summed E-state index contributed by atoms with van der Waals surface area (Å²) < 4.78 is 66.8. The molecule has 0 bridgehead atoms. The second kappa shape index (κ2) is 6.29. The summed E-state index contributed by atoms with van der Waals surface area (Å²) in [6, 6.07) is 5.69. The molecule has 0 fully saturated rings. The Morgan fingerprint density at radius 3 is 2.33 bits per heavy atom. The van der Waals surface area contributed by atoms with Crippen molar-refractivity contribution in [3.63, 3.8) is 0 Å². The third-order valence-corrected chi connectivity index (χ3v) is 4.30. The van der Waals surface area contributed by atoms with Crippen LogP contribution in [0.15, 0.2) is 47.4 Å². The first kappa shape index (κ1) is 18.0. The maximum Gasteiger partial charge on any atom is 0.416 e. The van der Waals surface area contributed by atoms with Crippen LogP contribution in [0, 0.1) is 10.1 Å². The quantitative estimate of drug-likeness (QED) is 0.453. The highest BCUT2D eigenvalue weighted by Crippen LogP contribution is 2.33. The van der Waals surface area contributed by atoms with Crippen molar-refractivity contribution in [2.24, 2.45) is 0 Å². The molecule has 24 heavy (non-hydrogen) atoms. The zero-order valence-corrected chi connectivity index (χ0v) is 13.0. The lowest BCUT2D eigenvalue weighted by Crippen LogP contribution is -2.12. The van der Waals surface area contributed by atoms with E-state index in [2.05, 4.69) is 4.18 Å². The predicted octanol–water partition coefficient (Wildman–Crippen LogP) is 4.03. The van der Waals surface area contributed by atoms with Gasteiger partial charge in [0, 0.05) is 12.1 Å². The molecule has 0 saturated heterocycles. The minimum atomic E-state index is -4.73. The summed E-state index contributed by atoms with van der Waals surface area (Å²) in [6.07, 6.45) is -4.73. The number of non-ortho nitro benzene ring substituents is 1. The molecule has 0 aliphatic heterocycles. The van der Waals surface area contributed by atoms with Gasteiger partial charge in [-0.2, -0.15) is 21.6 Å². The normalized spacial score (nSPS) is 12.0. The molecule has 0 spiro atoms. The monoisotopic (exact) mass is 381 g/mol. The average molecular weight is 382 g/mol. The molecule has 0 aliphatic carbocycles. The number of hydrogen-bond acceptors (Lipinski definition) is 5. The molecule has 2 rings (SSSR count). The molecule has 6 nitrogen and oxygen atoms in total. The largest absolute Gasteiger partial charge is 0.416 e. The molecule has 0 aliphatic rings. The van der Waals surface area contributed by atoms with Crippen molar-refractivity contribution in [3.8, 4) is 5.75 Å². The Hall–Kier alpha value is -2.33. The number of halogens is 4. The van der Waals surface area contributed by atoms with Crippen molar-refractivity contribution >= 4 is 27.4 Å². The van der Waals surface area contributed by atoms with Crippen LogP contribution < -0.4 is 4.18 Å². The summed E-state index contributed by atoms with van der Waals surface area (Å²) in [4.78, 5) is 9.10. The molecule has 11 heteroatoms. The Bertz CT molecular complexity index is 899. The van der Waals surface area contributed by atoms with Crippen LogP contribution >= 0.6 is 11.6 Å². The van der Waals surface area contributed by atoms with E-state index in [9.17, 15) is 31.7 Å². The van der Waals surface area contributed by atoms with Crippen molar-refractivity contribution in [1.29, 1.82) is 0 Å². The van der Waals surface area contributed by atoms with E-state index in [0.717, 1.165) is 30.3 Å². The summed E-state index contributed by atoms with van der Waals surface area (Å²) >= 11 is 5.70. The number of rotatable bonds is 4. The predicted molar refractivity (Wildman–Crippen MR) is 77.4 cm³/mol. The molecule has 0 heterocycles. The van der Waals surface area contributed by atoms with E-state index in [4.69, 9.17) is 11.6 Å². The highest BCUT2D eigenvalue weighted by atomic mass is 35.5. The standard InChI is InChI=1S/C13H7ClF3NO5S/c14-11-7-9(18(19)20)4-5-12(11)23-24(21,22)10-3-1-2-8(6-10)13(15,16)17/h1-7H. The Morgan fingerprint density at radius 2 is 1.79 bits per heavy atom. The highest BCUT2D eigenvalue weighted by Gasteiger charge is 2.32. The zero-order valence-electron chi connectivity index (χ0n) is 11.5. The van der Waals surface area contributed by atoms with Gasteiger partial charge in [0.1, 0.15) is 4.90 Å². The molecule has 0 amide bonds. The average Bonchev–Trinajstić information content (AvgIpc) is 2.48. The van der Waals surface area contributed by atoms with E-state index in [-0.39, 0.29) is 5.02 Å². The van der Waals surface area contributed by atoms with Gasteiger partial charge in [0.15, 0.2) is 5.75 Å². The molecule has 2 aromatic carbocycles. The van der Waals surface area contributed by atoms with Gasteiger partial charge in [-0.15, -0.1) is 0 Å². The Balaban J connectivity index is 2.37. The Labute approximate surface area is 138 Å². The lowest BCUT2D eigenvalue weighted by molar-refractivity contribution is -0.384. The van der Waals surface area contributed by atoms with Gasteiger partial charge in [-0.3, -0.25) is 10.1 Å². The molecule has 0 saturated carbocycles. The van der Waals surface area contributed by atoms with Crippen molar-refractivity contribution in [1.82, 2.24) is 0 Å². The fourth-order valence-corrected chi connectivity index (χ4v) is 2.92. The topological polar surface area (TPSA) is 86.5 Å². The maximum absolute atomic E-state index is 12.6. The molecule has 128 valence electrons. The van der Waals surface area contributed by atoms with Crippen molar-refractivity contribution in [2.75, 3.05) is 0 Å². The molecular formula is C13H7ClF3NO5S. The summed E-state index contributed by atoms with van der Waals surface area (Å²) in [7, 11) is -4.61. The Morgan fingerprint density at radius 1 is 1.12 bits per heavy atom. The van der Waals surface area contributed by atoms with E-state index in [1.807, 2.05) is 0 Å². The summed E-state index contributed by atoms with van der Waals surface area (Å²) in [5, 5.41) is 10.2. The van der Waals surface area contributed by atoms with Gasteiger partial charge in [-0.05, 0) is 24.3 Å². The molecule has 0 aromatic heterocycles. The van der Waals surface area contributed by atoms with Crippen molar-refractivity contribution < 1.29 is 30.7 Å². The summed E-state index contributed by atoms with van der Waals surface area (Å²) in [5.74, 6) is -0.445. The van der Waals surface area contributed by atoms with Crippen molar-refractivity contribution in [3.05, 3.63) is 63.2 Å². The van der Waals surface area contributed by atoms with Crippen LogP contribution in [0.2, 0.25) is 5.02 Å². The number of benzene rings is 2. The minimum Gasteiger partial charge on any atom is -0.377 e. The van der Waals surface area contributed by atoms with Gasteiger partial charge in [-0.1, -0.05) is 17.7 Å². The smallest absolute Gasteiger partial charge is 0.377 e. The van der Waals surface area contributed by atoms with E-state index < -0.39 is 43.1 Å². The van der Waals surface area contributed by atoms with Crippen LogP contribution in [-0.4, -0.2) is 13.3 Å². The van der Waals surface area contributed by atoms with Gasteiger partial charge < -0.3 is 4.18 Å².